The van der Waals surface area contributed by atoms with Gasteiger partial charge in [0, 0.05) is 5.56 Å². The molecule has 1 rings (SSSR count). The highest BCUT2D eigenvalue weighted by Gasteiger charge is 2.00. The number of amides is 2. The smallest absolute Gasteiger partial charge is 0.332 e. The molecule has 1 aromatic carbocycles. The van der Waals surface area contributed by atoms with E-state index in [-0.39, 0.29) is 0 Å². The fraction of sp³-hybridized carbons (Fsp3) is 0.111. The quantitative estimate of drug-likeness (QED) is 0.439. The number of nitrogens with one attached hydrogen (secondary N) is 1. The van der Waals surface area contributed by atoms with Crippen molar-refractivity contribution in [2.45, 2.75) is 0 Å². The van der Waals surface area contributed by atoms with Crippen LogP contribution >= 0.6 is 11.8 Å². The standard InChI is InChI=1S/C9H11N3OS/c1-14-8(11-12-9(10)13)7-5-3-2-4-6-7/h2-6H,1H3,(H3,10,12,13)/b11-8+. The lowest BCUT2D eigenvalue weighted by Crippen LogP contribution is -2.25. The molecule has 0 aromatic heterocycles. The van der Waals surface area contributed by atoms with Gasteiger partial charge in [0.15, 0.2) is 0 Å². The van der Waals surface area contributed by atoms with Crippen LogP contribution in [0.15, 0.2) is 35.4 Å². The molecule has 0 radical (unpaired) electrons. The van der Waals surface area contributed by atoms with Gasteiger partial charge in [-0.2, -0.15) is 5.10 Å². The fourth-order valence-electron chi connectivity index (χ4n) is 0.915. The van der Waals surface area contributed by atoms with Crippen LogP contribution in [-0.4, -0.2) is 17.3 Å². The van der Waals surface area contributed by atoms with Crippen LogP contribution in [0.25, 0.3) is 0 Å². The molecule has 0 spiro atoms. The molecule has 0 bridgehead atoms. The summed E-state index contributed by atoms with van der Waals surface area (Å²) in [7, 11) is 0. The summed E-state index contributed by atoms with van der Waals surface area (Å²) in [5, 5.41) is 4.59. The van der Waals surface area contributed by atoms with E-state index in [1.807, 2.05) is 36.6 Å². The molecule has 0 saturated carbocycles. The lowest BCUT2D eigenvalue weighted by molar-refractivity contribution is 0.249. The largest absolute Gasteiger partial charge is 0.350 e. The molecule has 3 N–H and O–H groups in total. The maximum absolute atomic E-state index is 10.4. The van der Waals surface area contributed by atoms with Crippen LogP contribution in [0.2, 0.25) is 0 Å². The van der Waals surface area contributed by atoms with E-state index in [2.05, 4.69) is 10.5 Å². The first-order valence-corrected chi connectivity index (χ1v) is 5.19. The zero-order chi connectivity index (χ0) is 10.4. The van der Waals surface area contributed by atoms with Crippen LogP contribution < -0.4 is 11.2 Å². The number of hydrogen-bond donors (Lipinski definition) is 2. The molecule has 0 aliphatic rings. The number of nitrogens with two attached hydrogens (primary N) is 1. The Hall–Kier alpha value is -1.49. The zero-order valence-corrected chi connectivity index (χ0v) is 8.54. The van der Waals surface area contributed by atoms with Crippen molar-refractivity contribution in [2.75, 3.05) is 6.26 Å². The Kier molecular flexibility index (Phi) is 4.00. The second-order valence-corrected chi connectivity index (χ2v) is 3.26. The Labute approximate surface area is 86.6 Å². The van der Waals surface area contributed by atoms with Crippen molar-refractivity contribution in [3.63, 3.8) is 0 Å². The summed E-state index contributed by atoms with van der Waals surface area (Å²) in [6.07, 6.45) is 1.88. The molecule has 5 heteroatoms. The van der Waals surface area contributed by atoms with Gasteiger partial charge in [-0.05, 0) is 6.26 Å². The fourth-order valence-corrected chi connectivity index (χ4v) is 1.42. The molecule has 4 nitrogen and oxygen atoms in total. The number of rotatable bonds is 2. The molecule has 14 heavy (non-hydrogen) atoms. The number of primary amides is 1. The molecule has 0 saturated heterocycles. The van der Waals surface area contributed by atoms with E-state index in [0.717, 1.165) is 10.6 Å². The monoisotopic (exact) mass is 209 g/mol. The summed E-state index contributed by atoms with van der Waals surface area (Å²) in [5.41, 5.74) is 8.06. The summed E-state index contributed by atoms with van der Waals surface area (Å²) in [6.45, 7) is 0. The van der Waals surface area contributed by atoms with Crippen molar-refractivity contribution in [1.29, 1.82) is 0 Å². The van der Waals surface area contributed by atoms with E-state index in [4.69, 9.17) is 5.73 Å². The maximum atomic E-state index is 10.4. The summed E-state index contributed by atoms with van der Waals surface area (Å²) in [5.74, 6) is 0. The molecule has 0 heterocycles. The SMILES string of the molecule is CS/C(=N/NC(N)=O)c1ccccc1. The first kappa shape index (κ1) is 10.6. The topological polar surface area (TPSA) is 67.5 Å². The Bertz CT molecular complexity index is 337. The van der Waals surface area contributed by atoms with E-state index in [0.29, 0.717) is 0 Å². The number of hydrogen-bond acceptors (Lipinski definition) is 3. The van der Waals surface area contributed by atoms with Crippen LogP contribution in [0.5, 0.6) is 0 Å². The summed E-state index contributed by atoms with van der Waals surface area (Å²) in [4.78, 5) is 10.4. The first-order chi connectivity index (χ1) is 6.74. The van der Waals surface area contributed by atoms with Gasteiger partial charge in [0.2, 0.25) is 0 Å². The minimum Gasteiger partial charge on any atom is -0.350 e. The molecular formula is C9H11N3OS. The third kappa shape index (κ3) is 3.10. The minimum absolute atomic E-state index is 0.660. The van der Waals surface area contributed by atoms with Crippen LogP contribution in [0, 0.1) is 0 Å². The predicted octanol–water partition coefficient (Wildman–Crippen LogP) is 1.38. The van der Waals surface area contributed by atoms with E-state index in [1.54, 1.807) is 0 Å². The zero-order valence-electron chi connectivity index (χ0n) is 7.73. The van der Waals surface area contributed by atoms with Gasteiger partial charge in [0.1, 0.15) is 5.04 Å². The third-order valence-electron chi connectivity index (χ3n) is 1.48. The second-order valence-electron chi connectivity index (χ2n) is 2.46. The number of thioether (sulfide) groups is 1. The highest BCUT2D eigenvalue weighted by atomic mass is 32.2. The van der Waals surface area contributed by atoms with Gasteiger partial charge in [-0.1, -0.05) is 30.3 Å². The van der Waals surface area contributed by atoms with Crippen LogP contribution in [0.1, 0.15) is 5.56 Å². The molecule has 1 aromatic rings. The van der Waals surface area contributed by atoms with E-state index in [1.165, 1.54) is 11.8 Å². The van der Waals surface area contributed by atoms with Crippen molar-refractivity contribution < 1.29 is 4.79 Å². The number of carbonyl (C=O) groups excluding carboxylic acids is 1. The van der Waals surface area contributed by atoms with Gasteiger partial charge in [-0.3, -0.25) is 0 Å². The van der Waals surface area contributed by atoms with Crippen molar-refractivity contribution >= 4 is 22.8 Å². The normalized spacial score (nSPS) is 11.1. The van der Waals surface area contributed by atoms with Crippen LogP contribution in [0.4, 0.5) is 4.79 Å². The number of urea groups is 1. The van der Waals surface area contributed by atoms with Crippen LogP contribution in [0.3, 0.4) is 0 Å². The Morgan fingerprint density at radius 2 is 2.07 bits per heavy atom. The molecule has 74 valence electrons. The summed E-state index contributed by atoms with van der Waals surface area (Å²) in [6, 6.07) is 8.91. The van der Waals surface area contributed by atoms with Crippen molar-refractivity contribution in [3.8, 4) is 0 Å². The van der Waals surface area contributed by atoms with Crippen molar-refractivity contribution in [1.82, 2.24) is 5.43 Å². The molecule has 0 atom stereocenters. The van der Waals surface area contributed by atoms with Gasteiger partial charge >= 0.3 is 6.03 Å². The number of carbonyl (C=O) groups is 1. The Balaban J connectivity index is 2.82. The van der Waals surface area contributed by atoms with Crippen molar-refractivity contribution in [2.24, 2.45) is 10.8 Å². The lowest BCUT2D eigenvalue weighted by atomic mass is 10.2. The number of hydrazone groups is 1. The summed E-state index contributed by atoms with van der Waals surface area (Å²) < 4.78 is 0. The summed E-state index contributed by atoms with van der Waals surface area (Å²) >= 11 is 1.44. The average Bonchev–Trinajstić information content (AvgIpc) is 2.20. The predicted molar refractivity (Wildman–Crippen MR) is 59.2 cm³/mol. The molecule has 0 aliphatic carbocycles. The number of benzene rings is 1. The van der Waals surface area contributed by atoms with E-state index in [9.17, 15) is 4.79 Å². The van der Waals surface area contributed by atoms with Gasteiger partial charge in [-0.25, -0.2) is 10.2 Å². The first-order valence-electron chi connectivity index (χ1n) is 3.96. The molecule has 0 aliphatic heterocycles. The van der Waals surface area contributed by atoms with Gasteiger partial charge in [-0.15, -0.1) is 11.8 Å². The Morgan fingerprint density at radius 3 is 2.57 bits per heavy atom. The maximum Gasteiger partial charge on any atom is 0.332 e. The molecule has 2 amide bonds. The molecule has 0 fully saturated rings. The van der Waals surface area contributed by atoms with Crippen molar-refractivity contribution in [3.05, 3.63) is 35.9 Å². The molecular weight excluding hydrogens is 198 g/mol. The minimum atomic E-state index is -0.660. The number of nitrogens with zero attached hydrogens (tertiary/aromatic N) is 1. The highest BCUT2D eigenvalue weighted by molar-refractivity contribution is 8.13. The van der Waals surface area contributed by atoms with Crippen LogP contribution in [-0.2, 0) is 0 Å². The average molecular weight is 209 g/mol. The Morgan fingerprint density at radius 1 is 1.43 bits per heavy atom. The highest BCUT2D eigenvalue weighted by Crippen LogP contribution is 2.09. The van der Waals surface area contributed by atoms with Gasteiger partial charge < -0.3 is 5.73 Å². The lowest BCUT2D eigenvalue weighted by Gasteiger charge is -2.02. The van der Waals surface area contributed by atoms with E-state index >= 15 is 0 Å². The second kappa shape index (κ2) is 5.29. The van der Waals surface area contributed by atoms with Gasteiger partial charge in [0.25, 0.3) is 0 Å². The van der Waals surface area contributed by atoms with Gasteiger partial charge in [0.05, 0.1) is 0 Å². The molecule has 0 unspecified atom stereocenters. The third-order valence-corrected chi connectivity index (χ3v) is 2.20. The van der Waals surface area contributed by atoms with E-state index < -0.39 is 6.03 Å².